The highest BCUT2D eigenvalue weighted by molar-refractivity contribution is 7.89. The standard InChI is InChI=1S/C11H24N2O2S/c1-3-13-16(14,15)9-8-12-11-7-5-4-6-10(11)2/h10-13H,3-9H2,1-2H3. The maximum absolute atomic E-state index is 11.4. The van der Waals surface area contributed by atoms with E-state index in [1.165, 1.54) is 25.7 Å². The van der Waals surface area contributed by atoms with E-state index in [-0.39, 0.29) is 5.75 Å². The zero-order valence-corrected chi connectivity index (χ0v) is 11.1. The lowest BCUT2D eigenvalue weighted by Crippen LogP contribution is -2.41. The Bertz CT molecular complexity index is 290. The lowest BCUT2D eigenvalue weighted by atomic mass is 9.86. The summed E-state index contributed by atoms with van der Waals surface area (Å²) >= 11 is 0. The van der Waals surface area contributed by atoms with Crippen LogP contribution < -0.4 is 10.0 Å². The molecule has 0 heterocycles. The van der Waals surface area contributed by atoms with E-state index in [4.69, 9.17) is 0 Å². The van der Waals surface area contributed by atoms with Gasteiger partial charge in [-0.3, -0.25) is 0 Å². The van der Waals surface area contributed by atoms with Crippen molar-refractivity contribution in [3.05, 3.63) is 0 Å². The van der Waals surface area contributed by atoms with Gasteiger partial charge in [0.05, 0.1) is 5.75 Å². The van der Waals surface area contributed by atoms with Crippen LogP contribution >= 0.6 is 0 Å². The van der Waals surface area contributed by atoms with Crippen LogP contribution in [0.25, 0.3) is 0 Å². The van der Waals surface area contributed by atoms with Crippen molar-refractivity contribution in [3.63, 3.8) is 0 Å². The second-order valence-corrected chi connectivity index (χ2v) is 6.57. The molecule has 0 aromatic rings. The number of hydrogen-bond acceptors (Lipinski definition) is 3. The van der Waals surface area contributed by atoms with Crippen LogP contribution in [0.5, 0.6) is 0 Å². The van der Waals surface area contributed by atoms with Gasteiger partial charge in [0.1, 0.15) is 0 Å². The molecular formula is C11H24N2O2S. The molecule has 1 aliphatic carbocycles. The smallest absolute Gasteiger partial charge is 0.212 e. The second kappa shape index (κ2) is 6.57. The Kier molecular flexibility index (Phi) is 5.72. The van der Waals surface area contributed by atoms with Crippen molar-refractivity contribution < 1.29 is 8.42 Å². The molecule has 0 bridgehead atoms. The molecule has 0 spiro atoms. The van der Waals surface area contributed by atoms with Gasteiger partial charge in [-0.05, 0) is 18.8 Å². The quantitative estimate of drug-likeness (QED) is 0.740. The molecule has 1 rings (SSSR count). The van der Waals surface area contributed by atoms with E-state index < -0.39 is 10.0 Å². The minimum absolute atomic E-state index is 0.185. The van der Waals surface area contributed by atoms with Crippen LogP contribution in [0.4, 0.5) is 0 Å². The van der Waals surface area contributed by atoms with Crippen molar-refractivity contribution in [2.75, 3.05) is 18.8 Å². The summed E-state index contributed by atoms with van der Waals surface area (Å²) in [7, 11) is -3.06. The van der Waals surface area contributed by atoms with Crippen molar-refractivity contribution >= 4 is 10.0 Å². The van der Waals surface area contributed by atoms with Crippen LogP contribution in [-0.4, -0.2) is 33.3 Å². The summed E-state index contributed by atoms with van der Waals surface area (Å²) in [6, 6.07) is 0.505. The van der Waals surface area contributed by atoms with E-state index >= 15 is 0 Å². The first kappa shape index (κ1) is 13.9. The van der Waals surface area contributed by atoms with Gasteiger partial charge in [-0.15, -0.1) is 0 Å². The Morgan fingerprint density at radius 1 is 1.25 bits per heavy atom. The maximum atomic E-state index is 11.4. The number of rotatable bonds is 6. The lowest BCUT2D eigenvalue weighted by Gasteiger charge is -2.29. The molecule has 0 aromatic carbocycles. The van der Waals surface area contributed by atoms with Gasteiger partial charge in [-0.1, -0.05) is 26.7 Å². The van der Waals surface area contributed by atoms with Gasteiger partial charge in [0, 0.05) is 19.1 Å². The van der Waals surface area contributed by atoms with Gasteiger partial charge in [-0.2, -0.15) is 0 Å². The molecule has 96 valence electrons. The zero-order chi connectivity index (χ0) is 12.0. The van der Waals surface area contributed by atoms with Crippen LogP contribution in [0, 0.1) is 5.92 Å². The summed E-state index contributed by atoms with van der Waals surface area (Å²) < 4.78 is 25.3. The molecule has 0 amide bonds. The van der Waals surface area contributed by atoms with E-state index in [1.807, 2.05) is 0 Å². The first-order valence-corrected chi connectivity index (χ1v) is 7.91. The largest absolute Gasteiger partial charge is 0.313 e. The van der Waals surface area contributed by atoms with Crippen LogP contribution in [0.2, 0.25) is 0 Å². The molecule has 1 saturated carbocycles. The highest BCUT2D eigenvalue weighted by atomic mass is 32.2. The van der Waals surface area contributed by atoms with Crippen LogP contribution in [0.15, 0.2) is 0 Å². The van der Waals surface area contributed by atoms with Gasteiger partial charge in [0.15, 0.2) is 0 Å². The van der Waals surface area contributed by atoms with Crippen LogP contribution in [-0.2, 0) is 10.0 Å². The Hall–Kier alpha value is -0.130. The molecule has 2 unspecified atom stereocenters. The Balaban J connectivity index is 2.24. The summed E-state index contributed by atoms with van der Waals surface area (Å²) in [6.45, 7) is 5.08. The van der Waals surface area contributed by atoms with Crippen molar-refractivity contribution in [1.82, 2.24) is 10.0 Å². The molecular weight excluding hydrogens is 224 g/mol. The lowest BCUT2D eigenvalue weighted by molar-refractivity contribution is 0.285. The molecule has 0 aromatic heterocycles. The Morgan fingerprint density at radius 3 is 2.56 bits per heavy atom. The minimum Gasteiger partial charge on any atom is -0.313 e. The molecule has 2 N–H and O–H groups in total. The van der Waals surface area contributed by atoms with Gasteiger partial charge in [0.2, 0.25) is 10.0 Å². The highest BCUT2D eigenvalue weighted by Gasteiger charge is 2.20. The van der Waals surface area contributed by atoms with E-state index in [0.717, 1.165) is 0 Å². The second-order valence-electron chi connectivity index (χ2n) is 4.64. The summed E-state index contributed by atoms with van der Waals surface area (Å²) in [5, 5.41) is 3.37. The number of nitrogens with one attached hydrogen (secondary N) is 2. The van der Waals surface area contributed by atoms with E-state index in [2.05, 4.69) is 17.0 Å². The molecule has 4 nitrogen and oxygen atoms in total. The van der Waals surface area contributed by atoms with Crippen molar-refractivity contribution in [1.29, 1.82) is 0 Å². The molecule has 1 aliphatic rings. The van der Waals surface area contributed by atoms with E-state index in [9.17, 15) is 8.42 Å². The third kappa shape index (κ3) is 4.80. The maximum Gasteiger partial charge on any atom is 0.212 e. The normalized spacial score (nSPS) is 26.9. The molecule has 0 aliphatic heterocycles. The predicted molar refractivity (Wildman–Crippen MR) is 66.9 cm³/mol. The van der Waals surface area contributed by atoms with Crippen LogP contribution in [0.1, 0.15) is 39.5 Å². The highest BCUT2D eigenvalue weighted by Crippen LogP contribution is 2.23. The first-order chi connectivity index (χ1) is 7.55. The molecule has 0 radical (unpaired) electrons. The van der Waals surface area contributed by atoms with Crippen molar-refractivity contribution in [3.8, 4) is 0 Å². The summed E-state index contributed by atoms with van der Waals surface area (Å²) in [6.07, 6.45) is 5.02. The van der Waals surface area contributed by atoms with E-state index in [0.29, 0.717) is 25.0 Å². The summed E-state index contributed by atoms with van der Waals surface area (Å²) in [4.78, 5) is 0. The average molecular weight is 248 g/mol. The third-order valence-corrected chi connectivity index (χ3v) is 4.72. The molecule has 2 atom stereocenters. The summed E-state index contributed by atoms with van der Waals surface area (Å²) in [5.41, 5.74) is 0. The van der Waals surface area contributed by atoms with Crippen LogP contribution in [0.3, 0.4) is 0 Å². The van der Waals surface area contributed by atoms with Gasteiger partial charge in [0.25, 0.3) is 0 Å². The minimum atomic E-state index is -3.06. The monoisotopic (exact) mass is 248 g/mol. The third-order valence-electron chi connectivity index (χ3n) is 3.25. The fourth-order valence-corrected chi connectivity index (χ4v) is 3.26. The average Bonchev–Trinajstić information content (AvgIpc) is 2.20. The van der Waals surface area contributed by atoms with Gasteiger partial charge < -0.3 is 5.32 Å². The first-order valence-electron chi connectivity index (χ1n) is 6.26. The number of hydrogen-bond donors (Lipinski definition) is 2. The van der Waals surface area contributed by atoms with Gasteiger partial charge >= 0.3 is 0 Å². The fraction of sp³-hybridized carbons (Fsp3) is 1.00. The van der Waals surface area contributed by atoms with E-state index in [1.54, 1.807) is 6.92 Å². The fourth-order valence-electron chi connectivity index (χ4n) is 2.29. The Labute approximate surface area is 99.2 Å². The predicted octanol–water partition coefficient (Wildman–Crippen LogP) is 1.09. The number of sulfonamides is 1. The molecule has 16 heavy (non-hydrogen) atoms. The zero-order valence-electron chi connectivity index (χ0n) is 10.3. The van der Waals surface area contributed by atoms with Crippen molar-refractivity contribution in [2.24, 2.45) is 5.92 Å². The SMILES string of the molecule is CCNS(=O)(=O)CCNC1CCCCC1C. The molecule has 5 heteroatoms. The topological polar surface area (TPSA) is 58.2 Å². The summed E-state index contributed by atoms with van der Waals surface area (Å²) in [5.74, 6) is 0.861. The Morgan fingerprint density at radius 2 is 1.94 bits per heavy atom. The van der Waals surface area contributed by atoms with Gasteiger partial charge in [-0.25, -0.2) is 13.1 Å². The van der Waals surface area contributed by atoms with Crippen molar-refractivity contribution in [2.45, 2.75) is 45.6 Å². The molecule has 0 saturated heterocycles. The molecule has 1 fully saturated rings.